The highest BCUT2D eigenvalue weighted by Crippen LogP contribution is 2.44. The molecule has 1 amide bonds. The van der Waals surface area contributed by atoms with Crippen molar-refractivity contribution >= 4 is 21.6 Å². The molecule has 3 aromatic carbocycles. The molecule has 0 saturated carbocycles. The lowest BCUT2D eigenvalue weighted by Gasteiger charge is -2.28. The maximum atomic E-state index is 13.6. The Bertz CT molecular complexity index is 1290. The molecule has 3 aromatic rings. The molecule has 7 nitrogen and oxygen atoms in total. The van der Waals surface area contributed by atoms with Crippen molar-refractivity contribution in [2.45, 2.75) is 30.1 Å². The van der Waals surface area contributed by atoms with E-state index in [9.17, 15) is 13.2 Å². The first-order valence-corrected chi connectivity index (χ1v) is 12.8. The summed E-state index contributed by atoms with van der Waals surface area (Å²) < 4.78 is 39.4. The van der Waals surface area contributed by atoms with E-state index >= 15 is 0 Å². The predicted octanol–water partition coefficient (Wildman–Crippen LogP) is 4.75. The molecular formula is C26H26N2O5S. The number of ether oxygens (including phenoxy) is 2. The number of amides is 1. The van der Waals surface area contributed by atoms with Gasteiger partial charge in [-0.2, -0.15) is 4.31 Å². The van der Waals surface area contributed by atoms with E-state index in [0.29, 0.717) is 36.0 Å². The lowest BCUT2D eigenvalue weighted by atomic mass is 9.87. The molecule has 0 spiro atoms. The first-order valence-electron chi connectivity index (χ1n) is 11.3. The SMILES string of the molecule is COc1ccc(S(=O)(=O)N2CCCCC2)cc1NC(=O)C1c2ccccc2Oc2ccccc21. The zero-order valence-electron chi connectivity index (χ0n) is 18.9. The maximum absolute atomic E-state index is 13.6. The Morgan fingerprint density at radius 1 is 0.941 bits per heavy atom. The summed E-state index contributed by atoms with van der Waals surface area (Å²) >= 11 is 0. The molecule has 0 bridgehead atoms. The van der Waals surface area contributed by atoms with Gasteiger partial charge in [0.2, 0.25) is 15.9 Å². The molecular weight excluding hydrogens is 452 g/mol. The lowest BCUT2D eigenvalue weighted by Crippen LogP contribution is -2.35. The normalized spacial score (nSPS) is 16.1. The molecule has 5 rings (SSSR count). The third-order valence-corrected chi connectivity index (χ3v) is 8.22. The second kappa shape index (κ2) is 9.12. The van der Waals surface area contributed by atoms with E-state index in [-0.39, 0.29) is 10.8 Å². The molecule has 34 heavy (non-hydrogen) atoms. The molecule has 1 saturated heterocycles. The van der Waals surface area contributed by atoms with Gasteiger partial charge in [-0.1, -0.05) is 42.8 Å². The zero-order valence-corrected chi connectivity index (χ0v) is 19.7. The fourth-order valence-corrected chi connectivity index (χ4v) is 6.14. The first-order chi connectivity index (χ1) is 16.5. The van der Waals surface area contributed by atoms with Gasteiger partial charge >= 0.3 is 0 Å². The lowest BCUT2D eigenvalue weighted by molar-refractivity contribution is -0.116. The number of hydrogen-bond acceptors (Lipinski definition) is 5. The highest BCUT2D eigenvalue weighted by atomic mass is 32.2. The monoisotopic (exact) mass is 478 g/mol. The number of nitrogens with zero attached hydrogens (tertiary/aromatic N) is 1. The minimum Gasteiger partial charge on any atom is -0.495 e. The predicted molar refractivity (Wildman–Crippen MR) is 129 cm³/mol. The Balaban J connectivity index is 1.50. The van der Waals surface area contributed by atoms with E-state index in [1.165, 1.54) is 23.5 Å². The molecule has 1 N–H and O–H groups in total. The van der Waals surface area contributed by atoms with Gasteiger partial charge in [-0.05, 0) is 43.2 Å². The number of anilines is 1. The Hall–Kier alpha value is -3.36. The van der Waals surface area contributed by atoms with Crippen molar-refractivity contribution in [2.24, 2.45) is 0 Å². The Morgan fingerprint density at radius 3 is 2.18 bits per heavy atom. The van der Waals surface area contributed by atoms with Crippen LogP contribution in [-0.4, -0.2) is 38.8 Å². The van der Waals surface area contributed by atoms with Crippen molar-refractivity contribution in [1.29, 1.82) is 0 Å². The van der Waals surface area contributed by atoms with Crippen molar-refractivity contribution in [3.8, 4) is 17.2 Å². The van der Waals surface area contributed by atoms with Gasteiger partial charge in [0.25, 0.3) is 0 Å². The summed E-state index contributed by atoms with van der Waals surface area (Å²) in [6.45, 7) is 1.01. The van der Waals surface area contributed by atoms with Gasteiger partial charge < -0.3 is 14.8 Å². The molecule has 2 heterocycles. The number of carbonyl (C=O) groups is 1. The average Bonchev–Trinajstić information content (AvgIpc) is 2.87. The number of para-hydroxylation sites is 2. The van der Waals surface area contributed by atoms with Gasteiger partial charge in [0.15, 0.2) is 0 Å². The van der Waals surface area contributed by atoms with Crippen molar-refractivity contribution in [1.82, 2.24) is 4.31 Å². The van der Waals surface area contributed by atoms with Gasteiger partial charge in [0.05, 0.1) is 23.6 Å². The highest BCUT2D eigenvalue weighted by Gasteiger charge is 2.33. The Labute approximate surface area is 199 Å². The average molecular weight is 479 g/mol. The van der Waals surface area contributed by atoms with Crippen molar-refractivity contribution < 1.29 is 22.7 Å². The third-order valence-electron chi connectivity index (χ3n) is 6.32. The number of methoxy groups -OCH3 is 1. The van der Waals surface area contributed by atoms with Crippen LogP contribution in [0.2, 0.25) is 0 Å². The fourth-order valence-electron chi connectivity index (χ4n) is 4.60. The fraction of sp³-hybridized carbons (Fsp3) is 0.269. The van der Waals surface area contributed by atoms with Crippen LogP contribution in [-0.2, 0) is 14.8 Å². The second-order valence-corrected chi connectivity index (χ2v) is 10.4. The van der Waals surface area contributed by atoms with Crippen LogP contribution in [0.15, 0.2) is 71.6 Å². The van der Waals surface area contributed by atoms with Gasteiger partial charge in [-0.15, -0.1) is 0 Å². The highest BCUT2D eigenvalue weighted by molar-refractivity contribution is 7.89. The van der Waals surface area contributed by atoms with Gasteiger partial charge in [-0.3, -0.25) is 4.79 Å². The molecule has 8 heteroatoms. The largest absolute Gasteiger partial charge is 0.495 e. The minimum atomic E-state index is -3.66. The van der Waals surface area contributed by atoms with E-state index in [1.807, 2.05) is 48.5 Å². The summed E-state index contributed by atoms with van der Waals surface area (Å²) in [4.78, 5) is 13.8. The Morgan fingerprint density at radius 2 is 1.56 bits per heavy atom. The molecule has 0 unspecified atom stereocenters. The van der Waals surface area contributed by atoms with Crippen LogP contribution in [0, 0.1) is 0 Å². The number of rotatable bonds is 5. The van der Waals surface area contributed by atoms with E-state index < -0.39 is 15.9 Å². The molecule has 2 aliphatic rings. The summed E-state index contributed by atoms with van der Waals surface area (Å²) in [7, 11) is -2.17. The van der Waals surface area contributed by atoms with Gasteiger partial charge in [0.1, 0.15) is 17.2 Å². The smallest absolute Gasteiger partial charge is 0.243 e. The molecule has 2 aliphatic heterocycles. The zero-order chi connectivity index (χ0) is 23.7. The quantitative estimate of drug-likeness (QED) is 0.572. The number of benzene rings is 3. The topological polar surface area (TPSA) is 84.9 Å². The van der Waals surface area contributed by atoms with Crippen LogP contribution in [0.4, 0.5) is 5.69 Å². The van der Waals surface area contributed by atoms with Crippen LogP contribution < -0.4 is 14.8 Å². The van der Waals surface area contributed by atoms with Crippen LogP contribution in [0.5, 0.6) is 17.2 Å². The third kappa shape index (κ3) is 4.03. The van der Waals surface area contributed by atoms with Crippen LogP contribution >= 0.6 is 0 Å². The molecule has 176 valence electrons. The van der Waals surface area contributed by atoms with E-state index in [1.54, 1.807) is 6.07 Å². The number of sulfonamides is 1. The number of piperidine rings is 1. The Kier molecular flexibility index (Phi) is 6.02. The number of fused-ring (bicyclic) bond motifs is 2. The maximum Gasteiger partial charge on any atom is 0.243 e. The van der Waals surface area contributed by atoms with Crippen LogP contribution in [0.25, 0.3) is 0 Å². The van der Waals surface area contributed by atoms with E-state index in [2.05, 4.69) is 5.32 Å². The summed E-state index contributed by atoms with van der Waals surface area (Å²) in [5.41, 5.74) is 1.80. The first kappa shape index (κ1) is 22.4. The van der Waals surface area contributed by atoms with Gasteiger partial charge in [0, 0.05) is 24.2 Å². The summed E-state index contributed by atoms with van der Waals surface area (Å²) in [5, 5.41) is 2.93. The van der Waals surface area contributed by atoms with Crippen molar-refractivity contribution in [3.05, 3.63) is 77.9 Å². The van der Waals surface area contributed by atoms with Gasteiger partial charge in [-0.25, -0.2) is 8.42 Å². The minimum absolute atomic E-state index is 0.137. The van der Waals surface area contributed by atoms with Crippen molar-refractivity contribution in [2.75, 3.05) is 25.5 Å². The number of hydrogen-bond donors (Lipinski definition) is 1. The molecule has 0 aromatic heterocycles. The van der Waals surface area contributed by atoms with E-state index in [0.717, 1.165) is 30.4 Å². The van der Waals surface area contributed by atoms with Crippen LogP contribution in [0.3, 0.4) is 0 Å². The second-order valence-electron chi connectivity index (χ2n) is 8.43. The molecule has 0 aliphatic carbocycles. The standard InChI is InChI=1S/C26H26N2O5S/c1-32-24-14-13-18(34(30,31)28-15-7-2-8-16-28)17-21(24)27-26(29)25-19-9-3-5-11-22(19)33-23-12-6-4-10-20(23)25/h3-6,9-14,17,25H,2,7-8,15-16H2,1H3,(H,27,29). The van der Waals surface area contributed by atoms with Crippen LogP contribution in [0.1, 0.15) is 36.3 Å². The number of carbonyl (C=O) groups excluding carboxylic acids is 1. The summed E-state index contributed by atoms with van der Waals surface area (Å²) in [6, 6.07) is 19.4. The molecule has 0 atom stereocenters. The molecule has 0 radical (unpaired) electrons. The number of nitrogens with one attached hydrogen (secondary N) is 1. The summed E-state index contributed by atoms with van der Waals surface area (Å²) in [5.74, 6) is 0.714. The van der Waals surface area contributed by atoms with E-state index in [4.69, 9.17) is 9.47 Å². The molecule has 1 fully saturated rings. The van der Waals surface area contributed by atoms with Crippen molar-refractivity contribution in [3.63, 3.8) is 0 Å². The summed E-state index contributed by atoms with van der Waals surface area (Å²) in [6.07, 6.45) is 2.73.